The molecule has 0 atom stereocenters. The van der Waals surface area contributed by atoms with Gasteiger partial charge in [0.05, 0.1) is 0 Å². The van der Waals surface area contributed by atoms with Crippen LogP contribution in [-0.2, 0) is 10.5 Å². The van der Waals surface area contributed by atoms with Crippen LogP contribution in [0.1, 0.15) is 49.5 Å². The van der Waals surface area contributed by atoms with Gasteiger partial charge in [0.1, 0.15) is 0 Å². The lowest BCUT2D eigenvalue weighted by atomic mass is 10.1. The summed E-state index contributed by atoms with van der Waals surface area (Å²) in [5, 5.41) is 0.105. The number of ketones is 1. The van der Waals surface area contributed by atoms with Crippen LogP contribution in [0.5, 0.6) is 0 Å². The molecule has 0 amide bonds. The standard InChI is InChI=1S/C72H6.C13H17NO2S.ClH/c1-3-5-7-9-11-13-15-17-19-21-23-25-27-29-31-33-35-37-39-41-43-45-47-49-51-53-55-57-59-61-63-65-67-69-71-72-70-68-66-64-62-60-58-56-54-52-50-48-46-44-42-40-38-36-34-32-30-28-26-24-22-20-18-16-14-12-10-8-6-4-2;1-10(15)17-9-11-4-6-12(7-5-11)13(16)3-2-8-14;/h1-2H3;4-7H,2-3,8-9,14H2,1H3;1H. The van der Waals surface area contributed by atoms with E-state index in [0.29, 0.717) is 18.7 Å². The first-order valence-electron chi connectivity index (χ1n) is 23.8. The Kier molecular flexibility index (Phi) is 56.5. The van der Waals surface area contributed by atoms with E-state index in [4.69, 9.17) is 5.73 Å². The molecule has 1 aromatic carbocycles. The summed E-state index contributed by atoms with van der Waals surface area (Å²) in [6.45, 7) is 5.46. The second-order valence-electron chi connectivity index (χ2n) is 12.8. The largest absolute Gasteiger partial charge is 0.330 e. The van der Waals surface area contributed by atoms with E-state index in [9.17, 15) is 9.59 Å². The highest BCUT2D eigenvalue weighted by atomic mass is 35.5. The minimum atomic E-state index is 0. The number of benzene rings is 1. The Hall–Kier alpha value is -16.2. The molecule has 0 aliphatic rings. The third-order valence-electron chi connectivity index (χ3n) is 6.76. The Morgan fingerprint density at radius 1 is 0.289 bits per heavy atom. The van der Waals surface area contributed by atoms with Crippen LogP contribution >= 0.6 is 24.2 Å². The zero-order valence-corrected chi connectivity index (χ0v) is 49.0. The third kappa shape index (κ3) is 62.6. The molecule has 0 heterocycles. The highest BCUT2D eigenvalue weighted by Gasteiger charge is 2.05. The molecule has 0 fully saturated rings. The van der Waals surface area contributed by atoms with Gasteiger partial charge in [-0.05, 0) is 127 Å². The summed E-state index contributed by atoms with van der Waals surface area (Å²) in [6, 6.07) is 7.42. The van der Waals surface area contributed by atoms with Gasteiger partial charge in [0.15, 0.2) is 10.9 Å². The number of carbonyl (C=O) groups excluding carboxylic acids is 2. The lowest BCUT2D eigenvalue weighted by molar-refractivity contribution is -0.109. The summed E-state index contributed by atoms with van der Waals surface area (Å²) in [7, 11) is 0. The maximum atomic E-state index is 11.7. The highest BCUT2D eigenvalue weighted by Crippen LogP contribution is 2.14. The molecule has 1 aromatic rings. The minimum absolute atomic E-state index is 0. The van der Waals surface area contributed by atoms with Gasteiger partial charge in [-0.2, -0.15) is 0 Å². The van der Waals surface area contributed by atoms with E-state index >= 15 is 0 Å². The van der Waals surface area contributed by atoms with E-state index in [1.807, 2.05) is 24.3 Å². The van der Waals surface area contributed by atoms with Crippen LogP contribution in [0.3, 0.4) is 0 Å². The first kappa shape index (κ1) is 75.8. The van der Waals surface area contributed by atoms with Crippen molar-refractivity contribution in [1.29, 1.82) is 0 Å². The van der Waals surface area contributed by atoms with Crippen LogP contribution in [0.25, 0.3) is 0 Å². The van der Waals surface area contributed by atoms with E-state index in [2.05, 4.69) is 414 Å². The van der Waals surface area contributed by atoms with Gasteiger partial charge in [0.2, 0.25) is 0 Å². The molecule has 0 aliphatic heterocycles. The van der Waals surface area contributed by atoms with Crippen molar-refractivity contribution in [3.63, 3.8) is 0 Å². The first-order chi connectivity index (χ1) is 44.0. The number of carbonyl (C=O) groups is 2. The maximum absolute atomic E-state index is 11.7. The number of rotatable bonds is 6. The van der Waals surface area contributed by atoms with Gasteiger partial charge in [-0.1, -0.05) is 47.9 Å². The summed E-state index contributed by atoms with van der Waals surface area (Å²) in [6.07, 6.45) is 1.22. The van der Waals surface area contributed by atoms with Gasteiger partial charge < -0.3 is 5.73 Å². The SMILES string of the molecule is CC#CC#CC#CC#CC#CC#CC#CC#CC#CC#CC#CC#CC#CC#CC#CC#CC#CC#CC#CC#CC#CC#CC#CC#CC#CC#CC#CC#CC#CC#CC#CC#CC#CC#CC#CC.CC(=O)SCc1ccc(C(=O)CCCN)cc1.Cl. The Morgan fingerprint density at radius 2 is 0.444 bits per heavy atom. The summed E-state index contributed by atoms with van der Waals surface area (Å²) < 4.78 is 0. The summed E-state index contributed by atoms with van der Waals surface area (Å²) >= 11 is 1.27. The number of thioether (sulfide) groups is 1. The van der Waals surface area contributed by atoms with Gasteiger partial charge in [-0.25, -0.2) is 0 Å². The number of Topliss-reactive ketones (excluding diaryl/α,β-unsaturated/α-hetero) is 1. The average Bonchev–Trinajstić information content (AvgIpc) is 3.59. The highest BCUT2D eigenvalue weighted by molar-refractivity contribution is 8.12. The quantitative estimate of drug-likeness (QED) is 0.347. The molecule has 3 nitrogen and oxygen atoms in total. The Morgan fingerprint density at radius 3 is 0.578 bits per heavy atom. The first-order valence-corrected chi connectivity index (χ1v) is 24.8. The minimum Gasteiger partial charge on any atom is -0.330 e. The van der Waals surface area contributed by atoms with Crippen molar-refractivity contribution in [2.45, 2.75) is 39.4 Å². The number of nitrogens with two attached hydrogens (primary N) is 1. The Bertz CT molecular complexity index is 5170. The van der Waals surface area contributed by atoms with Gasteiger partial charge >= 0.3 is 0 Å². The third-order valence-corrected chi connectivity index (χ3v) is 7.65. The molecular weight excluding hydrogens is 1130 g/mol. The fraction of sp³-hybridized carbons (Fsp3) is 0.0824. The van der Waals surface area contributed by atoms with E-state index < -0.39 is 0 Å². The van der Waals surface area contributed by atoms with Crippen LogP contribution in [0, 0.1) is 414 Å². The zero-order valence-electron chi connectivity index (χ0n) is 47.3. The van der Waals surface area contributed by atoms with Crippen molar-refractivity contribution < 1.29 is 9.59 Å². The molecule has 5 heteroatoms. The fourth-order valence-corrected chi connectivity index (χ4v) is 4.13. The lowest BCUT2D eigenvalue weighted by Gasteiger charge is -2.02. The predicted molar refractivity (Wildman–Crippen MR) is 362 cm³/mol. The zero-order chi connectivity index (χ0) is 64.2. The van der Waals surface area contributed by atoms with Crippen LogP contribution in [0.4, 0.5) is 0 Å². The van der Waals surface area contributed by atoms with E-state index in [1.165, 1.54) is 11.8 Å². The predicted octanol–water partition coefficient (Wildman–Crippen LogP) is 3.95. The van der Waals surface area contributed by atoms with Gasteiger partial charge in [0, 0.05) is 333 Å². The molecule has 0 aromatic heterocycles. The summed E-state index contributed by atoms with van der Waals surface area (Å²) in [4.78, 5) is 22.5. The summed E-state index contributed by atoms with van der Waals surface area (Å²) in [5.74, 6) is 176. The van der Waals surface area contributed by atoms with Crippen LogP contribution < -0.4 is 5.73 Å². The molecule has 0 aliphatic carbocycles. The van der Waals surface area contributed by atoms with Crippen molar-refractivity contribution >= 4 is 35.1 Å². The van der Waals surface area contributed by atoms with E-state index in [0.717, 1.165) is 17.5 Å². The normalized spacial score (nSPS) is 5.11. The van der Waals surface area contributed by atoms with Crippen LogP contribution in [-0.4, -0.2) is 17.4 Å². The van der Waals surface area contributed by atoms with Crippen LogP contribution in [0.15, 0.2) is 24.3 Å². The fourth-order valence-electron chi connectivity index (χ4n) is 3.57. The molecule has 0 bridgehead atoms. The van der Waals surface area contributed by atoms with Gasteiger partial charge in [0.25, 0.3) is 0 Å². The molecule has 0 radical (unpaired) electrons. The molecule has 0 unspecified atom stereocenters. The van der Waals surface area contributed by atoms with Crippen molar-refractivity contribution in [2.24, 2.45) is 5.73 Å². The molecule has 0 saturated carbocycles. The molecule has 90 heavy (non-hydrogen) atoms. The van der Waals surface area contributed by atoms with E-state index in [-0.39, 0.29) is 23.3 Å². The van der Waals surface area contributed by atoms with Crippen molar-refractivity contribution in [3.05, 3.63) is 35.4 Å². The van der Waals surface area contributed by atoms with Gasteiger partial charge in [-0.3, -0.25) is 9.59 Å². The van der Waals surface area contributed by atoms with Crippen LogP contribution in [0.2, 0.25) is 0 Å². The molecule has 0 saturated heterocycles. The molecular formula is C85H24ClNO2S. The van der Waals surface area contributed by atoms with Crippen molar-refractivity contribution in [1.82, 2.24) is 0 Å². The van der Waals surface area contributed by atoms with Crippen molar-refractivity contribution in [2.75, 3.05) is 6.54 Å². The number of hydrogen-bond acceptors (Lipinski definition) is 4. The van der Waals surface area contributed by atoms with Crippen molar-refractivity contribution in [3.8, 4) is 414 Å². The Labute approximate surface area is 542 Å². The average molecular weight is 1160 g/mol. The molecule has 0 spiro atoms. The summed E-state index contributed by atoms with van der Waals surface area (Å²) in [5.41, 5.74) is 7.13. The number of hydrogen-bond donors (Lipinski definition) is 1. The Balaban J connectivity index is 0. The topological polar surface area (TPSA) is 60.2 Å². The smallest absolute Gasteiger partial charge is 0.186 e. The molecule has 1 rings (SSSR count). The van der Waals surface area contributed by atoms with Gasteiger partial charge in [-0.15, -0.1) is 12.4 Å². The second kappa shape index (κ2) is 67.0. The van der Waals surface area contributed by atoms with E-state index in [1.54, 1.807) is 20.8 Å². The molecule has 394 valence electrons. The number of halogens is 1. The lowest BCUT2D eigenvalue weighted by Crippen LogP contribution is -2.04. The molecule has 2 N–H and O–H groups in total. The monoisotopic (exact) mass is 1160 g/mol. The second-order valence-corrected chi connectivity index (χ2v) is 13.9. The maximum Gasteiger partial charge on any atom is 0.186 e.